The lowest BCUT2D eigenvalue weighted by Gasteiger charge is -2.10. The number of esters is 1. The van der Waals surface area contributed by atoms with Gasteiger partial charge in [-0.15, -0.1) is 0 Å². The summed E-state index contributed by atoms with van der Waals surface area (Å²) < 4.78 is 10.1. The molecule has 0 fully saturated rings. The Bertz CT molecular complexity index is 352. The molecule has 1 rings (SSSR count). The van der Waals surface area contributed by atoms with E-state index in [9.17, 15) is 4.79 Å². The molecule has 0 bridgehead atoms. The van der Waals surface area contributed by atoms with Crippen LogP contribution in [0.2, 0.25) is 0 Å². The smallest absolute Gasteiger partial charge is 0.322 e. The number of rotatable bonds is 5. The molecule has 0 N–H and O–H groups in total. The molecule has 0 saturated carbocycles. The van der Waals surface area contributed by atoms with Crippen LogP contribution in [0.4, 0.5) is 0 Å². The lowest BCUT2D eigenvalue weighted by atomic mass is 10.2. The van der Waals surface area contributed by atoms with Crippen molar-refractivity contribution in [3.05, 3.63) is 29.8 Å². The van der Waals surface area contributed by atoms with Crippen molar-refractivity contribution in [3.8, 4) is 5.75 Å². The van der Waals surface area contributed by atoms with E-state index >= 15 is 0 Å². The summed E-state index contributed by atoms with van der Waals surface area (Å²) in [5, 5.41) is 0. The van der Waals surface area contributed by atoms with Gasteiger partial charge in [0.1, 0.15) is 17.2 Å². The number of ether oxygens (including phenoxy) is 2. The van der Waals surface area contributed by atoms with E-state index in [0.717, 1.165) is 12.2 Å². The van der Waals surface area contributed by atoms with E-state index in [2.05, 4.69) is 27.6 Å². The third-order valence-electron chi connectivity index (χ3n) is 2.16. The highest BCUT2D eigenvalue weighted by molar-refractivity contribution is 9.10. The van der Waals surface area contributed by atoms with Crippen LogP contribution in [0.1, 0.15) is 12.5 Å². The first-order chi connectivity index (χ1) is 7.67. The molecule has 0 aromatic heterocycles. The Morgan fingerprint density at radius 2 is 2.25 bits per heavy atom. The number of methoxy groups -OCH3 is 1. The molecule has 16 heavy (non-hydrogen) atoms. The van der Waals surface area contributed by atoms with Crippen LogP contribution in [0.5, 0.6) is 5.75 Å². The second kappa shape index (κ2) is 6.53. The third kappa shape index (κ3) is 3.85. The Morgan fingerprint density at radius 3 is 2.88 bits per heavy atom. The van der Waals surface area contributed by atoms with E-state index in [-0.39, 0.29) is 12.6 Å². The van der Waals surface area contributed by atoms with Gasteiger partial charge in [-0.2, -0.15) is 0 Å². The lowest BCUT2D eigenvalue weighted by Crippen LogP contribution is -2.22. The molecular formula is C12H15BrO3. The normalized spacial score (nSPS) is 11.9. The molecule has 88 valence electrons. The minimum atomic E-state index is -0.428. The van der Waals surface area contributed by atoms with Crippen molar-refractivity contribution in [2.45, 2.75) is 18.2 Å². The molecule has 0 aliphatic rings. The maximum Gasteiger partial charge on any atom is 0.322 e. The molecule has 0 aliphatic heterocycles. The van der Waals surface area contributed by atoms with Gasteiger partial charge in [0, 0.05) is 0 Å². The van der Waals surface area contributed by atoms with Crippen LogP contribution >= 0.6 is 15.9 Å². The highest BCUT2D eigenvalue weighted by Crippen LogP contribution is 2.15. The molecule has 1 aromatic rings. The maximum absolute atomic E-state index is 11.1. The molecule has 1 unspecified atom stereocenters. The van der Waals surface area contributed by atoms with Crippen LogP contribution in [0.15, 0.2) is 24.3 Å². The topological polar surface area (TPSA) is 35.5 Å². The predicted molar refractivity (Wildman–Crippen MR) is 66.0 cm³/mol. The fraction of sp³-hybridized carbons (Fsp3) is 0.417. The van der Waals surface area contributed by atoms with E-state index in [1.807, 2.05) is 24.3 Å². The summed E-state index contributed by atoms with van der Waals surface area (Å²) in [6.07, 6.45) is 0.964. The Kier molecular flexibility index (Phi) is 5.32. The summed E-state index contributed by atoms with van der Waals surface area (Å²) in [5.41, 5.74) is 1.21. The molecule has 0 heterocycles. The van der Waals surface area contributed by atoms with E-state index < -0.39 is 4.83 Å². The van der Waals surface area contributed by atoms with Gasteiger partial charge in [-0.3, -0.25) is 4.79 Å². The molecule has 0 aliphatic carbocycles. The second-order valence-corrected chi connectivity index (χ2v) is 4.41. The van der Waals surface area contributed by atoms with Crippen molar-refractivity contribution in [1.29, 1.82) is 0 Å². The molecular weight excluding hydrogens is 272 g/mol. The average molecular weight is 287 g/mol. The number of aryl methyl sites for hydroxylation is 1. The first-order valence-electron chi connectivity index (χ1n) is 5.11. The first-order valence-corrected chi connectivity index (χ1v) is 6.02. The Hall–Kier alpha value is -1.03. The Balaban J connectivity index is 2.51. The monoisotopic (exact) mass is 286 g/mol. The number of alkyl halides is 1. The van der Waals surface area contributed by atoms with Crippen LogP contribution in [0.3, 0.4) is 0 Å². The van der Waals surface area contributed by atoms with Gasteiger partial charge in [0.2, 0.25) is 0 Å². The van der Waals surface area contributed by atoms with Gasteiger partial charge in [0.15, 0.2) is 0 Å². The number of carbonyl (C=O) groups is 1. The standard InChI is InChI=1S/C12H15BrO3/c1-3-9-5-4-6-10(7-9)16-8-11(13)12(14)15-2/h4-7,11H,3,8H2,1-2H3. The highest BCUT2D eigenvalue weighted by Gasteiger charge is 2.15. The highest BCUT2D eigenvalue weighted by atomic mass is 79.9. The number of hydrogen-bond donors (Lipinski definition) is 0. The van der Waals surface area contributed by atoms with Gasteiger partial charge >= 0.3 is 5.97 Å². The van der Waals surface area contributed by atoms with Crippen molar-refractivity contribution >= 4 is 21.9 Å². The van der Waals surface area contributed by atoms with E-state index in [1.54, 1.807) is 0 Å². The van der Waals surface area contributed by atoms with Gasteiger partial charge < -0.3 is 9.47 Å². The first kappa shape index (κ1) is 13.0. The Labute approximate surface area is 104 Å². The van der Waals surface area contributed by atoms with E-state index in [1.165, 1.54) is 12.7 Å². The van der Waals surface area contributed by atoms with Gasteiger partial charge in [0.05, 0.1) is 7.11 Å². The van der Waals surface area contributed by atoms with Crippen molar-refractivity contribution in [2.24, 2.45) is 0 Å². The number of halogens is 1. The zero-order chi connectivity index (χ0) is 12.0. The molecule has 0 amide bonds. The molecule has 3 nitrogen and oxygen atoms in total. The van der Waals surface area contributed by atoms with Crippen LogP contribution in [0.25, 0.3) is 0 Å². The van der Waals surface area contributed by atoms with Crippen molar-refractivity contribution in [3.63, 3.8) is 0 Å². The van der Waals surface area contributed by atoms with Gasteiger partial charge in [-0.25, -0.2) is 0 Å². The molecule has 1 atom stereocenters. The number of carbonyl (C=O) groups excluding carboxylic acids is 1. The zero-order valence-corrected chi connectivity index (χ0v) is 11.0. The van der Waals surface area contributed by atoms with Gasteiger partial charge in [-0.05, 0) is 24.1 Å². The minimum Gasteiger partial charge on any atom is -0.492 e. The van der Waals surface area contributed by atoms with Gasteiger partial charge in [-0.1, -0.05) is 35.0 Å². The molecule has 0 radical (unpaired) electrons. The van der Waals surface area contributed by atoms with E-state index in [0.29, 0.717) is 0 Å². The molecule has 0 saturated heterocycles. The molecule has 0 spiro atoms. The molecule has 4 heteroatoms. The zero-order valence-electron chi connectivity index (χ0n) is 9.40. The van der Waals surface area contributed by atoms with Crippen molar-refractivity contribution in [1.82, 2.24) is 0 Å². The van der Waals surface area contributed by atoms with Crippen LogP contribution < -0.4 is 4.74 Å². The van der Waals surface area contributed by atoms with Gasteiger partial charge in [0.25, 0.3) is 0 Å². The summed E-state index contributed by atoms with van der Waals surface area (Å²) in [7, 11) is 1.36. The fourth-order valence-corrected chi connectivity index (χ4v) is 1.54. The summed E-state index contributed by atoms with van der Waals surface area (Å²) >= 11 is 3.20. The summed E-state index contributed by atoms with van der Waals surface area (Å²) in [6.45, 7) is 2.35. The quantitative estimate of drug-likeness (QED) is 0.617. The largest absolute Gasteiger partial charge is 0.492 e. The maximum atomic E-state index is 11.1. The molecule has 1 aromatic carbocycles. The third-order valence-corrected chi connectivity index (χ3v) is 2.80. The average Bonchev–Trinajstić information content (AvgIpc) is 2.35. The summed E-state index contributed by atoms with van der Waals surface area (Å²) in [6, 6.07) is 7.82. The number of benzene rings is 1. The summed E-state index contributed by atoms with van der Waals surface area (Å²) in [4.78, 5) is 10.7. The van der Waals surface area contributed by atoms with Crippen LogP contribution in [-0.2, 0) is 16.0 Å². The van der Waals surface area contributed by atoms with Crippen molar-refractivity contribution in [2.75, 3.05) is 13.7 Å². The second-order valence-electron chi connectivity index (χ2n) is 3.30. The lowest BCUT2D eigenvalue weighted by molar-refractivity contribution is -0.140. The Morgan fingerprint density at radius 1 is 1.50 bits per heavy atom. The fourth-order valence-electron chi connectivity index (χ4n) is 1.22. The van der Waals surface area contributed by atoms with Crippen LogP contribution in [-0.4, -0.2) is 24.5 Å². The predicted octanol–water partition coefficient (Wildman–Crippen LogP) is 2.56. The van der Waals surface area contributed by atoms with E-state index in [4.69, 9.17) is 4.74 Å². The number of hydrogen-bond acceptors (Lipinski definition) is 3. The minimum absolute atomic E-state index is 0.264. The SMILES string of the molecule is CCc1cccc(OCC(Br)C(=O)OC)c1. The summed E-state index contributed by atoms with van der Waals surface area (Å²) in [5.74, 6) is 0.444. The van der Waals surface area contributed by atoms with Crippen LogP contribution in [0, 0.1) is 0 Å². The van der Waals surface area contributed by atoms with Crippen molar-refractivity contribution < 1.29 is 14.3 Å².